The van der Waals surface area contributed by atoms with Crippen molar-refractivity contribution in [2.75, 3.05) is 0 Å². The van der Waals surface area contributed by atoms with Crippen LogP contribution in [0.1, 0.15) is 57.8 Å². The Labute approximate surface area is 307 Å². The molecule has 0 saturated heterocycles. The third-order valence-electron chi connectivity index (χ3n) is 8.65. The number of aliphatic hydroxyl groups is 2. The van der Waals surface area contributed by atoms with E-state index in [9.17, 15) is 19.8 Å². The van der Waals surface area contributed by atoms with Crippen LogP contribution in [-0.4, -0.2) is 34.2 Å². The number of hydrogen-bond acceptors (Lipinski definition) is 6. The zero-order chi connectivity index (χ0) is 35.0. The van der Waals surface area contributed by atoms with Crippen molar-refractivity contribution in [1.82, 2.24) is 0 Å². The van der Waals surface area contributed by atoms with Crippen LogP contribution in [0.2, 0.25) is 0 Å². The molecule has 0 aromatic heterocycles. The first-order valence-corrected chi connectivity index (χ1v) is 16.3. The molecule has 0 heterocycles. The molecule has 0 fully saturated rings. The van der Waals surface area contributed by atoms with E-state index in [4.69, 9.17) is 9.98 Å². The van der Waals surface area contributed by atoms with E-state index in [1.165, 1.54) is 26.3 Å². The van der Waals surface area contributed by atoms with Crippen LogP contribution in [0.3, 0.4) is 0 Å². The molecule has 7 heteroatoms. The van der Waals surface area contributed by atoms with Crippen molar-refractivity contribution in [3.8, 4) is 0 Å². The molecule has 6 rings (SSSR count). The Kier molecular flexibility index (Phi) is 11.9. The second kappa shape index (κ2) is 16.7. The molecule has 0 unspecified atom stereocenters. The number of rotatable bonds is 11. The molecule has 6 nitrogen and oxygen atoms in total. The second-order valence-electron chi connectivity index (χ2n) is 12.0. The number of fused-ring (bicyclic) bond motifs is 2. The van der Waals surface area contributed by atoms with Gasteiger partial charge in [-0.05, 0) is 46.5 Å². The Balaban J connectivity index is 0.00000504. The minimum Gasteiger partial charge on any atom is -0.512 e. The summed E-state index contributed by atoms with van der Waals surface area (Å²) in [6, 6.07) is 43.9. The van der Waals surface area contributed by atoms with Gasteiger partial charge in [0.15, 0.2) is 11.6 Å². The van der Waals surface area contributed by atoms with Crippen molar-refractivity contribution in [1.29, 1.82) is 0 Å². The molecule has 2 N–H and O–H groups in total. The van der Waals surface area contributed by atoms with Gasteiger partial charge in [-0.15, -0.1) is 0 Å². The van der Waals surface area contributed by atoms with Crippen molar-refractivity contribution in [2.45, 2.75) is 25.9 Å². The van der Waals surface area contributed by atoms with Gasteiger partial charge in [0.25, 0.3) is 0 Å². The van der Waals surface area contributed by atoms with E-state index in [0.717, 1.165) is 32.7 Å². The molecule has 51 heavy (non-hydrogen) atoms. The molecule has 255 valence electrons. The summed E-state index contributed by atoms with van der Waals surface area (Å²) in [5.41, 5.74) is 2.61. The first-order chi connectivity index (χ1) is 24.3. The van der Waals surface area contributed by atoms with Gasteiger partial charge in [0.2, 0.25) is 0 Å². The fourth-order valence-electron chi connectivity index (χ4n) is 6.08. The molecule has 0 aliphatic heterocycles. The molecule has 6 aromatic rings. The van der Waals surface area contributed by atoms with E-state index in [0.29, 0.717) is 11.1 Å². The molecular formula is C44H36CoN2O4. The molecule has 6 aromatic carbocycles. The van der Waals surface area contributed by atoms with Gasteiger partial charge in [-0.1, -0.05) is 146 Å². The van der Waals surface area contributed by atoms with Gasteiger partial charge >= 0.3 is 0 Å². The minimum atomic E-state index is -0.683. The van der Waals surface area contributed by atoms with Gasteiger partial charge in [-0.3, -0.25) is 19.6 Å². The van der Waals surface area contributed by atoms with Crippen LogP contribution in [0.5, 0.6) is 0 Å². The van der Waals surface area contributed by atoms with Gasteiger partial charge < -0.3 is 10.2 Å². The summed E-state index contributed by atoms with van der Waals surface area (Å²) in [5.74, 6) is -1.06. The Bertz CT molecular complexity index is 2130. The number of Topliss-reactive ketones (excluding diaryl/α,β-unsaturated/α-hetero) is 2. The third kappa shape index (κ3) is 8.12. The minimum absolute atomic E-state index is 0. The summed E-state index contributed by atoms with van der Waals surface area (Å²) >= 11 is 0. The molecule has 0 saturated carbocycles. The number of ketones is 2. The number of carbonyl (C=O) groups excluding carboxylic acids is 2. The maximum Gasteiger partial charge on any atom is 0.198 e. The first kappa shape index (κ1) is 36.4. The number of carbonyl (C=O) groups is 2. The predicted octanol–water partition coefficient (Wildman–Crippen LogP) is 10.3. The topological polar surface area (TPSA) is 99.3 Å². The van der Waals surface area contributed by atoms with Crippen LogP contribution in [0.25, 0.3) is 21.5 Å². The molecule has 0 aliphatic carbocycles. The Morgan fingerprint density at radius 3 is 1.20 bits per heavy atom. The van der Waals surface area contributed by atoms with Crippen LogP contribution < -0.4 is 0 Å². The van der Waals surface area contributed by atoms with Crippen molar-refractivity contribution >= 4 is 45.5 Å². The Morgan fingerprint density at radius 1 is 0.490 bits per heavy atom. The molecule has 0 spiro atoms. The predicted molar refractivity (Wildman–Crippen MR) is 203 cm³/mol. The average molecular weight is 716 g/mol. The van der Waals surface area contributed by atoms with Crippen LogP contribution in [0.4, 0.5) is 0 Å². The standard InChI is InChI=1S/C44H36N2O4.Co/c1-29(47)39(43(49)37-25-13-21-31-15-9-11-23-35(31)37)27-45-41(33-17-5-3-6-18-33)42(34-19-7-4-8-20-34)46-28-40(30(2)48)44(50)38-26-14-22-32-16-10-12-24-36(32)38;/h3-28,41-42,47-48H,1-2H3;/b39-29+,40-30+,45-27?,46-28?;/t41-,42-;/m0./s1. The first-order valence-electron chi connectivity index (χ1n) is 16.3. The van der Waals surface area contributed by atoms with Gasteiger partial charge in [0.05, 0.1) is 11.1 Å². The zero-order valence-electron chi connectivity index (χ0n) is 28.1. The van der Waals surface area contributed by atoms with Crippen LogP contribution in [0.15, 0.2) is 178 Å². The van der Waals surface area contributed by atoms with E-state index in [2.05, 4.69) is 0 Å². The van der Waals surface area contributed by atoms with Gasteiger partial charge in [0, 0.05) is 40.3 Å². The summed E-state index contributed by atoms with van der Waals surface area (Å²) in [6.45, 7) is 2.93. The number of hydrogen-bond donors (Lipinski definition) is 2. The van der Waals surface area contributed by atoms with Gasteiger partial charge in [0.1, 0.15) is 23.6 Å². The SMILES string of the molecule is C/C(O)=C(/C=N[C@@H](c1ccccc1)[C@@H](N=C/C(C(=O)c1cccc2ccccc12)=C(/C)O)c1ccccc1)C(=O)c1cccc2ccccc12.[Co]. The summed E-state index contributed by atoms with van der Waals surface area (Å²) in [6.07, 6.45) is 2.83. The number of benzene rings is 6. The quantitative estimate of drug-likeness (QED) is 0.0604. The maximum absolute atomic E-state index is 14.0. The average Bonchev–Trinajstić information content (AvgIpc) is 3.15. The largest absolute Gasteiger partial charge is 0.512 e. The van der Waals surface area contributed by atoms with E-state index >= 15 is 0 Å². The van der Waals surface area contributed by atoms with E-state index in [1.54, 1.807) is 12.1 Å². The number of aliphatic imine (C=N–C) groups is 2. The fraction of sp³-hybridized carbons (Fsp3) is 0.0909. The normalized spacial score (nSPS) is 13.8. The smallest absolute Gasteiger partial charge is 0.198 e. The Hall–Kier alpha value is -5.89. The summed E-state index contributed by atoms with van der Waals surface area (Å²) in [7, 11) is 0. The number of aliphatic hydroxyl groups excluding tert-OH is 2. The second-order valence-corrected chi connectivity index (χ2v) is 12.0. The van der Waals surface area contributed by atoms with Crippen molar-refractivity contribution < 1.29 is 36.6 Å². The summed E-state index contributed by atoms with van der Waals surface area (Å²) < 4.78 is 0. The van der Waals surface area contributed by atoms with Crippen molar-refractivity contribution in [3.05, 3.63) is 191 Å². The van der Waals surface area contributed by atoms with Crippen LogP contribution in [0, 0.1) is 0 Å². The van der Waals surface area contributed by atoms with Crippen molar-refractivity contribution in [3.63, 3.8) is 0 Å². The third-order valence-corrected chi connectivity index (χ3v) is 8.65. The molecule has 2 atom stereocenters. The monoisotopic (exact) mass is 715 g/mol. The molecular weight excluding hydrogens is 679 g/mol. The van der Waals surface area contributed by atoms with Crippen molar-refractivity contribution in [2.24, 2.45) is 9.98 Å². The molecule has 0 amide bonds. The number of allylic oxidation sites excluding steroid dienone is 4. The van der Waals surface area contributed by atoms with E-state index in [-0.39, 0.29) is 51.0 Å². The summed E-state index contributed by atoms with van der Waals surface area (Å²) in [4.78, 5) is 37.8. The fourth-order valence-corrected chi connectivity index (χ4v) is 6.08. The van der Waals surface area contributed by atoms with Crippen LogP contribution in [-0.2, 0) is 16.8 Å². The van der Waals surface area contributed by atoms with Crippen LogP contribution >= 0.6 is 0 Å². The van der Waals surface area contributed by atoms with E-state index < -0.39 is 12.1 Å². The Morgan fingerprint density at radius 2 is 0.824 bits per heavy atom. The molecule has 0 bridgehead atoms. The molecule has 1 radical (unpaired) electrons. The maximum atomic E-state index is 14.0. The molecule has 0 aliphatic rings. The van der Waals surface area contributed by atoms with Gasteiger partial charge in [-0.2, -0.15) is 0 Å². The number of nitrogens with zero attached hydrogens (tertiary/aromatic N) is 2. The summed E-state index contributed by atoms with van der Waals surface area (Å²) in [5, 5.41) is 25.0. The van der Waals surface area contributed by atoms with Gasteiger partial charge in [-0.25, -0.2) is 0 Å². The zero-order valence-corrected chi connectivity index (χ0v) is 29.1. The van der Waals surface area contributed by atoms with E-state index in [1.807, 2.05) is 133 Å².